The van der Waals surface area contributed by atoms with Crippen molar-refractivity contribution in [2.24, 2.45) is 0 Å². The summed E-state index contributed by atoms with van der Waals surface area (Å²) in [5.41, 5.74) is 0. The van der Waals surface area contributed by atoms with E-state index >= 15 is 0 Å². The quantitative estimate of drug-likeness (QED) is 0.766. The predicted octanol–water partition coefficient (Wildman–Crippen LogP) is 2.35. The van der Waals surface area contributed by atoms with Gasteiger partial charge in [-0.2, -0.15) is 4.31 Å². The zero-order valence-electron chi connectivity index (χ0n) is 11.3. The fourth-order valence-corrected chi connectivity index (χ4v) is 4.25. The fourth-order valence-electron chi connectivity index (χ4n) is 1.68. The Morgan fingerprint density at radius 1 is 1.58 bits per heavy atom. The van der Waals surface area contributed by atoms with Crippen LogP contribution in [0.3, 0.4) is 0 Å². The highest BCUT2D eigenvalue weighted by Crippen LogP contribution is 2.29. The van der Waals surface area contributed by atoms with Crippen LogP contribution in [0.25, 0.3) is 0 Å². The highest BCUT2D eigenvalue weighted by atomic mass is 79.9. The molecule has 1 rings (SSSR count). The Kier molecular flexibility index (Phi) is 5.79. The molecule has 0 aliphatic carbocycles. The largest absolute Gasteiger partial charge is 0.452 e. The van der Waals surface area contributed by atoms with Gasteiger partial charge in [-0.3, -0.25) is 0 Å². The van der Waals surface area contributed by atoms with Crippen LogP contribution in [0, 0.1) is 0 Å². The van der Waals surface area contributed by atoms with Gasteiger partial charge in [0.2, 0.25) is 10.0 Å². The van der Waals surface area contributed by atoms with Gasteiger partial charge in [0.05, 0.1) is 6.54 Å². The molecule has 7 heteroatoms. The molecule has 0 bridgehead atoms. The zero-order valence-corrected chi connectivity index (χ0v) is 13.7. The third kappa shape index (κ3) is 3.68. The average Bonchev–Trinajstić information content (AvgIpc) is 2.67. The summed E-state index contributed by atoms with van der Waals surface area (Å²) in [6.07, 6.45) is 1.57. The van der Waals surface area contributed by atoms with Crippen molar-refractivity contribution in [1.82, 2.24) is 9.62 Å². The van der Waals surface area contributed by atoms with Gasteiger partial charge in [-0.25, -0.2) is 8.42 Å². The minimum Gasteiger partial charge on any atom is -0.452 e. The van der Waals surface area contributed by atoms with E-state index in [0.717, 1.165) is 0 Å². The van der Waals surface area contributed by atoms with E-state index in [1.54, 1.807) is 13.1 Å². The second-order valence-electron chi connectivity index (χ2n) is 4.34. The summed E-state index contributed by atoms with van der Waals surface area (Å²) in [6.45, 7) is 7.97. The maximum atomic E-state index is 12.6. The number of sulfonamides is 1. The van der Waals surface area contributed by atoms with Crippen molar-refractivity contribution in [3.63, 3.8) is 0 Å². The molecule has 1 aromatic rings. The van der Waals surface area contributed by atoms with E-state index < -0.39 is 10.0 Å². The Bertz CT molecular complexity index is 537. The summed E-state index contributed by atoms with van der Waals surface area (Å²) in [4.78, 5) is 0.147. The van der Waals surface area contributed by atoms with Gasteiger partial charge in [0, 0.05) is 18.7 Å². The van der Waals surface area contributed by atoms with E-state index in [4.69, 9.17) is 4.42 Å². The standard InChI is InChI=1S/C12H19BrN2O3S/c1-5-6-15(9(2)3)19(16,17)11-7-10(8-14-4)18-12(11)13/h5,7,9,14H,1,6,8H2,2-4H3. The van der Waals surface area contributed by atoms with Gasteiger partial charge in [0.15, 0.2) is 4.67 Å². The molecule has 0 fully saturated rings. The third-order valence-corrected chi connectivity index (χ3v) is 5.43. The van der Waals surface area contributed by atoms with Crippen LogP contribution >= 0.6 is 15.9 Å². The van der Waals surface area contributed by atoms with Crippen molar-refractivity contribution >= 4 is 26.0 Å². The molecule has 0 atom stereocenters. The van der Waals surface area contributed by atoms with E-state index in [0.29, 0.717) is 12.3 Å². The summed E-state index contributed by atoms with van der Waals surface area (Å²) in [7, 11) is -1.83. The first-order chi connectivity index (χ1) is 8.84. The van der Waals surface area contributed by atoms with Crippen LogP contribution in [-0.4, -0.2) is 32.4 Å². The Labute approximate surface area is 122 Å². The van der Waals surface area contributed by atoms with E-state index in [-0.39, 0.29) is 22.2 Å². The van der Waals surface area contributed by atoms with Crippen molar-refractivity contribution < 1.29 is 12.8 Å². The summed E-state index contributed by atoms with van der Waals surface area (Å²) >= 11 is 3.17. The summed E-state index contributed by atoms with van der Waals surface area (Å²) in [5.74, 6) is 0.565. The van der Waals surface area contributed by atoms with Crippen LogP contribution in [0.1, 0.15) is 19.6 Å². The van der Waals surface area contributed by atoms with Crippen molar-refractivity contribution in [1.29, 1.82) is 0 Å². The number of hydrogen-bond donors (Lipinski definition) is 1. The van der Waals surface area contributed by atoms with Gasteiger partial charge in [-0.05, 0) is 36.8 Å². The molecule has 0 radical (unpaired) electrons. The van der Waals surface area contributed by atoms with E-state index in [2.05, 4.69) is 27.8 Å². The van der Waals surface area contributed by atoms with Crippen LogP contribution in [0.15, 0.2) is 32.7 Å². The number of hydrogen-bond acceptors (Lipinski definition) is 4. The second-order valence-corrected chi connectivity index (χ2v) is 6.92. The molecule has 5 nitrogen and oxygen atoms in total. The highest BCUT2D eigenvalue weighted by molar-refractivity contribution is 9.10. The molecule has 1 aromatic heterocycles. The molecular weight excluding hydrogens is 332 g/mol. The van der Waals surface area contributed by atoms with Gasteiger partial charge in [-0.1, -0.05) is 6.08 Å². The van der Waals surface area contributed by atoms with Crippen molar-refractivity contribution in [2.45, 2.75) is 31.3 Å². The molecule has 0 aliphatic heterocycles. The first kappa shape index (κ1) is 16.4. The first-order valence-corrected chi connectivity index (χ1v) is 8.13. The minimum atomic E-state index is -3.60. The average molecular weight is 351 g/mol. The number of nitrogens with one attached hydrogen (secondary N) is 1. The lowest BCUT2D eigenvalue weighted by molar-refractivity contribution is 0.381. The van der Waals surface area contributed by atoms with Crippen LogP contribution in [0.4, 0.5) is 0 Å². The fraction of sp³-hybridized carbons (Fsp3) is 0.500. The molecule has 0 saturated heterocycles. The summed E-state index contributed by atoms with van der Waals surface area (Å²) < 4.78 is 32.1. The number of nitrogens with zero attached hydrogens (tertiary/aromatic N) is 1. The van der Waals surface area contributed by atoms with E-state index in [1.165, 1.54) is 10.4 Å². The van der Waals surface area contributed by atoms with Crippen LogP contribution < -0.4 is 5.32 Å². The molecule has 1 heterocycles. The Morgan fingerprint density at radius 3 is 2.68 bits per heavy atom. The molecule has 108 valence electrons. The normalized spacial score (nSPS) is 12.3. The van der Waals surface area contributed by atoms with Crippen molar-refractivity contribution in [3.8, 4) is 0 Å². The topological polar surface area (TPSA) is 62.6 Å². The zero-order chi connectivity index (χ0) is 14.6. The van der Waals surface area contributed by atoms with Gasteiger partial charge in [0.25, 0.3) is 0 Å². The van der Waals surface area contributed by atoms with Gasteiger partial charge >= 0.3 is 0 Å². The lowest BCUT2D eigenvalue weighted by atomic mass is 10.4. The lowest BCUT2D eigenvalue weighted by Gasteiger charge is -2.23. The molecule has 0 aliphatic rings. The first-order valence-electron chi connectivity index (χ1n) is 5.90. The summed E-state index contributed by atoms with van der Waals surface area (Å²) in [5, 5.41) is 2.91. The Balaban J connectivity index is 3.21. The van der Waals surface area contributed by atoms with Gasteiger partial charge in [0.1, 0.15) is 10.7 Å². The lowest BCUT2D eigenvalue weighted by Crippen LogP contribution is -2.36. The number of furan rings is 1. The van der Waals surface area contributed by atoms with Gasteiger partial charge in [-0.15, -0.1) is 6.58 Å². The molecule has 19 heavy (non-hydrogen) atoms. The molecule has 0 aromatic carbocycles. The SMILES string of the molecule is C=CCN(C(C)C)S(=O)(=O)c1cc(CNC)oc1Br. The van der Waals surface area contributed by atoms with Gasteiger partial charge < -0.3 is 9.73 Å². The number of halogens is 1. The molecular formula is C12H19BrN2O3S. The molecule has 0 spiro atoms. The molecule has 1 N–H and O–H groups in total. The third-order valence-electron chi connectivity index (χ3n) is 2.53. The van der Waals surface area contributed by atoms with Crippen molar-refractivity contribution in [3.05, 3.63) is 29.2 Å². The second kappa shape index (κ2) is 6.69. The Morgan fingerprint density at radius 2 is 2.21 bits per heavy atom. The molecule has 0 unspecified atom stereocenters. The smallest absolute Gasteiger partial charge is 0.247 e. The van der Waals surface area contributed by atoms with Crippen LogP contribution in [0.5, 0.6) is 0 Å². The molecule has 0 amide bonds. The Hall–Kier alpha value is -0.630. The maximum Gasteiger partial charge on any atom is 0.247 e. The predicted molar refractivity (Wildman–Crippen MR) is 78.4 cm³/mol. The van der Waals surface area contributed by atoms with E-state index in [1.807, 2.05) is 13.8 Å². The van der Waals surface area contributed by atoms with Crippen LogP contribution in [0.2, 0.25) is 0 Å². The number of rotatable bonds is 7. The summed E-state index contributed by atoms with van der Waals surface area (Å²) in [6, 6.07) is 1.38. The van der Waals surface area contributed by atoms with Crippen LogP contribution in [-0.2, 0) is 16.6 Å². The monoisotopic (exact) mass is 350 g/mol. The van der Waals surface area contributed by atoms with E-state index in [9.17, 15) is 8.42 Å². The molecule has 0 saturated carbocycles. The maximum absolute atomic E-state index is 12.6. The minimum absolute atomic E-state index is 0.147. The van der Waals surface area contributed by atoms with Crippen molar-refractivity contribution in [2.75, 3.05) is 13.6 Å². The highest BCUT2D eigenvalue weighted by Gasteiger charge is 2.30.